The first-order valence-electron chi connectivity index (χ1n) is 9.84. The van der Waals surface area contributed by atoms with Crippen LogP contribution in [0.15, 0.2) is 47.4 Å². The van der Waals surface area contributed by atoms with Crippen LogP contribution >= 0.6 is 23.3 Å². The van der Waals surface area contributed by atoms with Gasteiger partial charge >= 0.3 is 5.97 Å². The highest BCUT2D eigenvalue weighted by molar-refractivity contribution is 8.01. The molecule has 148 valence electrons. The van der Waals surface area contributed by atoms with Crippen molar-refractivity contribution >= 4 is 45.0 Å². The number of fused-ring (bicyclic) bond motifs is 2. The molecule has 0 aliphatic heterocycles. The van der Waals surface area contributed by atoms with E-state index in [1.54, 1.807) is 11.3 Å². The van der Waals surface area contributed by atoms with Gasteiger partial charge in [-0.15, -0.1) is 11.3 Å². The minimum Gasteiger partial charge on any atom is -0.465 e. The number of aryl methyl sites for hydroxylation is 1. The van der Waals surface area contributed by atoms with E-state index in [-0.39, 0.29) is 12.5 Å². The van der Waals surface area contributed by atoms with Crippen LogP contribution in [0.4, 0.5) is 5.00 Å². The van der Waals surface area contributed by atoms with Gasteiger partial charge in [0.25, 0.3) is 0 Å². The molecule has 0 bridgehead atoms. The van der Waals surface area contributed by atoms with Crippen LogP contribution in [0, 0.1) is 11.3 Å². The van der Waals surface area contributed by atoms with E-state index in [9.17, 15) is 10.1 Å². The van der Waals surface area contributed by atoms with Gasteiger partial charge < -0.3 is 4.74 Å². The molecule has 3 aromatic rings. The zero-order valence-corrected chi connectivity index (χ0v) is 17.9. The monoisotopic (exact) mass is 422 g/mol. The summed E-state index contributed by atoms with van der Waals surface area (Å²) in [5.74, 6) is -0.282. The number of thiophene rings is 1. The molecule has 1 aliphatic rings. The summed E-state index contributed by atoms with van der Waals surface area (Å²) in [7, 11) is 0. The SMILES string of the molecule is CCOC(=O)CN(Sc1cccc2ccccc12)c1sc2c(c1C#N)CCCC2. The van der Waals surface area contributed by atoms with Crippen molar-refractivity contribution in [1.82, 2.24) is 0 Å². The lowest BCUT2D eigenvalue weighted by Crippen LogP contribution is -2.25. The number of carbonyl (C=O) groups is 1. The maximum Gasteiger partial charge on any atom is 0.326 e. The lowest BCUT2D eigenvalue weighted by molar-refractivity contribution is -0.141. The first-order valence-corrected chi connectivity index (χ1v) is 11.4. The molecule has 0 saturated carbocycles. The molecule has 0 radical (unpaired) electrons. The number of esters is 1. The van der Waals surface area contributed by atoms with E-state index in [4.69, 9.17) is 4.74 Å². The maximum absolute atomic E-state index is 12.4. The molecule has 2 aromatic carbocycles. The Bertz CT molecular complexity index is 1080. The van der Waals surface area contributed by atoms with Crippen LogP contribution < -0.4 is 4.31 Å². The molecule has 0 unspecified atom stereocenters. The van der Waals surface area contributed by atoms with Gasteiger partial charge in [-0.1, -0.05) is 36.4 Å². The average Bonchev–Trinajstić information content (AvgIpc) is 3.12. The molecule has 0 saturated heterocycles. The molecule has 4 rings (SSSR count). The number of rotatable bonds is 6. The average molecular weight is 423 g/mol. The van der Waals surface area contributed by atoms with E-state index in [1.807, 2.05) is 29.4 Å². The predicted octanol–water partition coefficient (Wildman–Crippen LogP) is 5.73. The largest absolute Gasteiger partial charge is 0.465 e. The normalized spacial score (nSPS) is 13.0. The second-order valence-electron chi connectivity index (χ2n) is 6.91. The second kappa shape index (κ2) is 8.89. The fourth-order valence-electron chi connectivity index (χ4n) is 3.71. The molecule has 29 heavy (non-hydrogen) atoms. The number of nitriles is 1. The van der Waals surface area contributed by atoms with Crippen molar-refractivity contribution in [3.05, 3.63) is 58.5 Å². The van der Waals surface area contributed by atoms with Gasteiger partial charge in [-0.05, 0) is 67.0 Å². The highest BCUT2D eigenvalue weighted by atomic mass is 32.2. The van der Waals surface area contributed by atoms with Crippen LogP contribution in [0.3, 0.4) is 0 Å². The van der Waals surface area contributed by atoms with Crippen molar-refractivity contribution < 1.29 is 9.53 Å². The maximum atomic E-state index is 12.4. The van der Waals surface area contributed by atoms with Gasteiger partial charge in [0.05, 0.1) is 12.2 Å². The third kappa shape index (κ3) is 4.12. The zero-order valence-electron chi connectivity index (χ0n) is 16.3. The molecule has 0 N–H and O–H groups in total. The van der Waals surface area contributed by atoms with E-state index in [1.165, 1.54) is 22.4 Å². The molecule has 1 aliphatic carbocycles. The summed E-state index contributed by atoms with van der Waals surface area (Å²) >= 11 is 3.16. The van der Waals surface area contributed by atoms with Crippen LogP contribution in [0.25, 0.3) is 10.8 Å². The summed E-state index contributed by atoms with van der Waals surface area (Å²) in [4.78, 5) is 14.7. The lowest BCUT2D eigenvalue weighted by Gasteiger charge is -2.22. The van der Waals surface area contributed by atoms with E-state index >= 15 is 0 Å². The predicted molar refractivity (Wildman–Crippen MR) is 119 cm³/mol. The molecular formula is C23H22N2O2S2. The first-order chi connectivity index (χ1) is 14.2. The van der Waals surface area contributed by atoms with E-state index in [2.05, 4.69) is 30.3 Å². The molecule has 4 nitrogen and oxygen atoms in total. The second-order valence-corrected chi connectivity index (χ2v) is 9.06. The minimum atomic E-state index is -0.282. The number of nitrogens with zero attached hydrogens (tertiary/aromatic N) is 2. The molecule has 0 atom stereocenters. The van der Waals surface area contributed by atoms with Crippen molar-refractivity contribution in [3.8, 4) is 6.07 Å². The topological polar surface area (TPSA) is 53.3 Å². The van der Waals surface area contributed by atoms with Crippen molar-refractivity contribution in [2.24, 2.45) is 0 Å². The quantitative estimate of drug-likeness (QED) is 0.375. The van der Waals surface area contributed by atoms with Gasteiger partial charge in [-0.2, -0.15) is 5.26 Å². The third-order valence-electron chi connectivity index (χ3n) is 5.03. The molecular weight excluding hydrogens is 400 g/mol. The number of benzene rings is 2. The number of carbonyl (C=O) groups excluding carboxylic acids is 1. The van der Waals surface area contributed by atoms with Crippen molar-refractivity contribution in [2.45, 2.75) is 37.5 Å². The van der Waals surface area contributed by atoms with E-state index in [0.717, 1.165) is 51.9 Å². The molecule has 1 aromatic heterocycles. The Morgan fingerprint density at radius 2 is 2.00 bits per heavy atom. The molecule has 6 heteroatoms. The van der Waals surface area contributed by atoms with E-state index in [0.29, 0.717) is 6.61 Å². The van der Waals surface area contributed by atoms with Crippen molar-refractivity contribution in [3.63, 3.8) is 0 Å². The molecule has 1 heterocycles. The van der Waals surface area contributed by atoms with Crippen LogP contribution in [-0.2, 0) is 22.4 Å². The van der Waals surface area contributed by atoms with Gasteiger partial charge in [0.15, 0.2) is 0 Å². The van der Waals surface area contributed by atoms with Crippen molar-refractivity contribution in [2.75, 3.05) is 17.5 Å². The Labute approximate surface area is 179 Å². The minimum absolute atomic E-state index is 0.107. The Morgan fingerprint density at radius 1 is 1.21 bits per heavy atom. The first kappa shape index (κ1) is 19.8. The standard InChI is InChI=1S/C23H22N2O2S2/c1-2-27-22(26)15-25(23-19(14-24)18-11-5-6-12-20(18)28-23)29-21-13-7-9-16-8-3-4-10-17(16)21/h3-4,7-10,13H,2,5-6,11-12,15H2,1H3. The Hall–Kier alpha value is -2.49. The van der Waals surface area contributed by atoms with Gasteiger partial charge in [0.1, 0.15) is 17.6 Å². The van der Waals surface area contributed by atoms with Gasteiger partial charge in [0.2, 0.25) is 0 Å². The molecule has 0 fully saturated rings. The number of hydrogen-bond donors (Lipinski definition) is 0. The Kier molecular flexibility index (Phi) is 6.08. The fourth-order valence-corrected chi connectivity index (χ4v) is 6.18. The van der Waals surface area contributed by atoms with Crippen LogP contribution in [0.1, 0.15) is 35.8 Å². The number of hydrogen-bond acceptors (Lipinski definition) is 6. The van der Waals surface area contributed by atoms with Crippen molar-refractivity contribution in [1.29, 1.82) is 5.26 Å². The fraction of sp³-hybridized carbons (Fsp3) is 0.304. The summed E-state index contributed by atoms with van der Waals surface area (Å²) < 4.78 is 7.17. The van der Waals surface area contributed by atoms with Gasteiger partial charge in [-0.25, -0.2) is 0 Å². The number of ether oxygens (including phenoxy) is 1. The summed E-state index contributed by atoms with van der Waals surface area (Å²) in [6.07, 6.45) is 4.24. The third-order valence-corrected chi connectivity index (χ3v) is 7.54. The smallest absolute Gasteiger partial charge is 0.326 e. The van der Waals surface area contributed by atoms with Gasteiger partial charge in [-0.3, -0.25) is 9.10 Å². The molecule has 0 amide bonds. The van der Waals surface area contributed by atoms with Crippen LogP contribution in [0.5, 0.6) is 0 Å². The Balaban J connectivity index is 1.75. The van der Waals surface area contributed by atoms with Crippen LogP contribution in [-0.4, -0.2) is 19.1 Å². The van der Waals surface area contributed by atoms with Gasteiger partial charge in [0, 0.05) is 9.77 Å². The summed E-state index contributed by atoms with van der Waals surface area (Å²) in [6.45, 7) is 2.26. The highest BCUT2D eigenvalue weighted by Gasteiger charge is 2.26. The Morgan fingerprint density at radius 3 is 2.83 bits per heavy atom. The molecule has 0 spiro atoms. The highest BCUT2D eigenvalue weighted by Crippen LogP contribution is 2.44. The van der Waals surface area contributed by atoms with Crippen LogP contribution in [0.2, 0.25) is 0 Å². The summed E-state index contributed by atoms with van der Waals surface area (Å²) in [6, 6.07) is 16.8. The lowest BCUT2D eigenvalue weighted by atomic mass is 9.96. The number of anilines is 1. The zero-order chi connectivity index (χ0) is 20.2. The summed E-state index contributed by atoms with van der Waals surface area (Å²) in [5, 5.41) is 13.0. The van der Waals surface area contributed by atoms with E-state index < -0.39 is 0 Å². The summed E-state index contributed by atoms with van der Waals surface area (Å²) in [5.41, 5.74) is 1.90.